The van der Waals surface area contributed by atoms with Gasteiger partial charge in [0.25, 0.3) is 5.91 Å². The summed E-state index contributed by atoms with van der Waals surface area (Å²) in [5, 5.41) is 15.6. The van der Waals surface area contributed by atoms with E-state index in [-0.39, 0.29) is 11.7 Å². The fourth-order valence-electron chi connectivity index (χ4n) is 3.90. The number of carbonyl (C=O) groups is 1. The van der Waals surface area contributed by atoms with Crippen LogP contribution in [-0.4, -0.2) is 44.7 Å². The Balaban J connectivity index is 1.33. The number of hydrogen-bond acceptors (Lipinski definition) is 7. The fraction of sp³-hybridized carbons (Fsp3) is 0.107. The molecular formula is C28H24N6O2S. The number of pyridine rings is 1. The Morgan fingerprint density at radius 1 is 1.03 bits per heavy atom. The molecule has 5 rings (SSSR count). The van der Waals surface area contributed by atoms with Gasteiger partial charge in [0, 0.05) is 29.2 Å². The predicted octanol–water partition coefficient (Wildman–Crippen LogP) is 5.04. The van der Waals surface area contributed by atoms with Gasteiger partial charge in [-0.25, -0.2) is 5.43 Å². The van der Waals surface area contributed by atoms with Crippen molar-refractivity contribution in [2.75, 3.05) is 12.9 Å². The van der Waals surface area contributed by atoms with Gasteiger partial charge in [-0.15, -0.1) is 10.2 Å². The van der Waals surface area contributed by atoms with Crippen LogP contribution in [0.25, 0.3) is 27.8 Å². The normalized spacial score (nSPS) is 11.2. The summed E-state index contributed by atoms with van der Waals surface area (Å²) < 4.78 is 7.43. The van der Waals surface area contributed by atoms with E-state index in [4.69, 9.17) is 4.74 Å². The maximum Gasteiger partial charge on any atom is 0.250 e. The summed E-state index contributed by atoms with van der Waals surface area (Å²) in [6.07, 6.45) is 5.04. The van der Waals surface area contributed by atoms with Gasteiger partial charge in [0.2, 0.25) is 0 Å². The van der Waals surface area contributed by atoms with Crippen molar-refractivity contribution >= 4 is 34.7 Å². The van der Waals surface area contributed by atoms with Crippen LogP contribution in [0.1, 0.15) is 11.1 Å². The third-order valence-corrected chi connectivity index (χ3v) is 6.66. The summed E-state index contributed by atoms with van der Waals surface area (Å²) in [6.45, 7) is 2.04. The topological polar surface area (TPSA) is 94.3 Å². The lowest BCUT2D eigenvalue weighted by molar-refractivity contribution is -0.118. The number of nitrogens with one attached hydrogen (secondary N) is 1. The van der Waals surface area contributed by atoms with Crippen LogP contribution in [0.5, 0.6) is 5.75 Å². The summed E-state index contributed by atoms with van der Waals surface area (Å²) >= 11 is 1.29. The Hall–Kier alpha value is -4.50. The molecule has 1 N–H and O–H groups in total. The lowest BCUT2D eigenvalue weighted by Crippen LogP contribution is -2.20. The highest BCUT2D eigenvalue weighted by atomic mass is 32.2. The zero-order valence-electron chi connectivity index (χ0n) is 20.3. The van der Waals surface area contributed by atoms with Crippen molar-refractivity contribution in [3.05, 3.63) is 96.3 Å². The number of fused-ring (bicyclic) bond motifs is 1. The van der Waals surface area contributed by atoms with Gasteiger partial charge in [0.1, 0.15) is 5.75 Å². The monoisotopic (exact) mass is 508 g/mol. The zero-order chi connectivity index (χ0) is 25.6. The first-order valence-electron chi connectivity index (χ1n) is 11.6. The first-order valence-corrected chi connectivity index (χ1v) is 12.6. The molecule has 0 bridgehead atoms. The van der Waals surface area contributed by atoms with Crippen molar-refractivity contribution in [2.24, 2.45) is 5.10 Å². The highest BCUT2D eigenvalue weighted by molar-refractivity contribution is 7.99. The van der Waals surface area contributed by atoms with Gasteiger partial charge in [-0.05, 0) is 48.0 Å². The maximum atomic E-state index is 12.7. The van der Waals surface area contributed by atoms with Gasteiger partial charge in [0.05, 0.1) is 19.1 Å². The summed E-state index contributed by atoms with van der Waals surface area (Å²) in [5.41, 5.74) is 6.35. The highest BCUT2D eigenvalue weighted by Gasteiger charge is 2.17. The zero-order valence-corrected chi connectivity index (χ0v) is 21.1. The molecule has 37 heavy (non-hydrogen) atoms. The van der Waals surface area contributed by atoms with E-state index in [0.717, 1.165) is 33.2 Å². The summed E-state index contributed by atoms with van der Waals surface area (Å²) in [6, 6.07) is 23.7. The molecule has 2 heterocycles. The second kappa shape index (κ2) is 11.0. The predicted molar refractivity (Wildman–Crippen MR) is 146 cm³/mol. The first-order chi connectivity index (χ1) is 18.1. The summed E-state index contributed by atoms with van der Waals surface area (Å²) in [7, 11) is 1.61. The molecular weight excluding hydrogens is 484 g/mol. The van der Waals surface area contributed by atoms with E-state index in [9.17, 15) is 4.79 Å². The van der Waals surface area contributed by atoms with Crippen LogP contribution in [0, 0.1) is 6.92 Å². The SMILES string of the molecule is COc1ccc2ccccc2c1/C=N/NC(=O)CSc1nnc(-c2ccncc2)n1-c1ccc(C)cc1. The Morgan fingerprint density at radius 2 is 1.81 bits per heavy atom. The van der Waals surface area contributed by atoms with Gasteiger partial charge in [-0.2, -0.15) is 5.10 Å². The number of rotatable bonds is 8. The minimum Gasteiger partial charge on any atom is -0.496 e. The lowest BCUT2D eigenvalue weighted by atomic mass is 10.0. The van der Waals surface area contributed by atoms with Crippen LogP contribution >= 0.6 is 11.8 Å². The second-order valence-electron chi connectivity index (χ2n) is 8.20. The minimum absolute atomic E-state index is 0.115. The summed E-state index contributed by atoms with van der Waals surface area (Å²) in [5.74, 6) is 1.21. The van der Waals surface area contributed by atoms with Crippen LogP contribution in [0.3, 0.4) is 0 Å². The van der Waals surface area contributed by atoms with Crippen LogP contribution < -0.4 is 10.2 Å². The minimum atomic E-state index is -0.260. The molecule has 184 valence electrons. The van der Waals surface area contributed by atoms with E-state index in [2.05, 4.69) is 25.7 Å². The molecule has 0 spiro atoms. The number of amides is 1. The van der Waals surface area contributed by atoms with E-state index < -0.39 is 0 Å². The second-order valence-corrected chi connectivity index (χ2v) is 9.14. The molecule has 2 aromatic heterocycles. The van der Waals surface area contributed by atoms with Crippen LogP contribution in [-0.2, 0) is 4.79 Å². The average Bonchev–Trinajstić information content (AvgIpc) is 3.37. The number of hydrogen-bond donors (Lipinski definition) is 1. The number of ether oxygens (including phenoxy) is 1. The van der Waals surface area contributed by atoms with E-state index >= 15 is 0 Å². The van der Waals surface area contributed by atoms with Gasteiger partial charge in [0.15, 0.2) is 11.0 Å². The van der Waals surface area contributed by atoms with Crippen molar-refractivity contribution in [3.63, 3.8) is 0 Å². The third kappa shape index (κ3) is 5.36. The number of nitrogens with zero attached hydrogens (tertiary/aromatic N) is 5. The Bertz CT molecular complexity index is 1570. The maximum absolute atomic E-state index is 12.7. The van der Waals surface area contributed by atoms with E-state index in [1.165, 1.54) is 11.8 Å². The third-order valence-electron chi connectivity index (χ3n) is 5.73. The lowest BCUT2D eigenvalue weighted by Gasteiger charge is -2.10. The molecule has 0 atom stereocenters. The van der Waals surface area contributed by atoms with Crippen LogP contribution in [0.4, 0.5) is 0 Å². The molecule has 0 saturated heterocycles. The molecule has 0 saturated carbocycles. The molecule has 0 unspecified atom stereocenters. The number of thioether (sulfide) groups is 1. The van der Waals surface area contributed by atoms with Crippen molar-refractivity contribution in [3.8, 4) is 22.8 Å². The number of benzene rings is 3. The number of aryl methyl sites for hydroxylation is 1. The molecule has 1 amide bonds. The smallest absolute Gasteiger partial charge is 0.250 e. The van der Waals surface area contributed by atoms with Crippen molar-refractivity contribution < 1.29 is 9.53 Å². The van der Waals surface area contributed by atoms with Gasteiger partial charge in [-0.1, -0.05) is 59.8 Å². The number of aromatic nitrogens is 4. The Kier molecular flexibility index (Phi) is 7.23. The summed E-state index contributed by atoms with van der Waals surface area (Å²) in [4.78, 5) is 16.7. The number of hydrazone groups is 1. The largest absolute Gasteiger partial charge is 0.496 e. The molecule has 0 fully saturated rings. The van der Waals surface area contributed by atoms with Crippen molar-refractivity contribution in [1.82, 2.24) is 25.2 Å². The van der Waals surface area contributed by atoms with Crippen LogP contribution in [0.2, 0.25) is 0 Å². The Morgan fingerprint density at radius 3 is 2.59 bits per heavy atom. The Labute approximate surface area is 218 Å². The quantitative estimate of drug-likeness (QED) is 0.179. The van der Waals surface area contributed by atoms with E-state index in [1.54, 1.807) is 25.7 Å². The van der Waals surface area contributed by atoms with Crippen LogP contribution in [0.15, 0.2) is 95.4 Å². The molecule has 5 aromatic rings. The standard InChI is InChI=1S/C28H24N6O2S/c1-19-7-10-22(11-8-19)34-27(21-13-15-29-16-14-21)32-33-28(34)37-18-26(35)31-30-17-24-23-6-4-3-5-20(23)9-12-25(24)36-2/h3-17H,18H2,1-2H3,(H,31,35)/b30-17+. The molecule has 3 aromatic carbocycles. The molecule has 0 aliphatic heterocycles. The molecule has 9 heteroatoms. The molecule has 8 nitrogen and oxygen atoms in total. The molecule has 0 radical (unpaired) electrons. The number of carbonyl (C=O) groups excluding carboxylic acids is 1. The first kappa shape index (κ1) is 24.2. The van der Waals surface area contributed by atoms with E-state index in [1.807, 2.05) is 84.3 Å². The number of methoxy groups -OCH3 is 1. The fourth-order valence-corrected chi connectivity index (χ4v) is 4.64. The van der Waals surface area contributed by atoms with Gasteiger partial charge >= 0.3 is 0 Å². The highest BCUT2D eigenvalue weighted by Crippen LogP contribution is 2.28. The molecule has 0 aliphatic rings. The molecule has 0 aliphatic carbocycles. The van der Waals surface area contributed by atoms with Crippen molar-refractivity contribution in [1.29, 1.82) is 0 Å². The average molecular weight is 509 g/mol. The van der Waals surface area contributed by atoms with Crippen molar-refractivity contribution in [2.45, 2.75) is 12.1 Å². The van der Waals surface area contributed by atoms with Gasteiger partial charge in [-0.3, -0.25) is 14.3 Å². The van der Waals surface area contributed by atoms with Gasteiger partial charge < -0.3 is 4.74 Å². The van der Waals surface area contributed by atoms with E-state index in [0.29, 0.717) is 16.7 Å².